The highest BCUT2D eigenvalue weighted by Gasteiger charge is 2.40. The Balaban J connectivity index is 2.78. The Morgan fingerprint density at radius 3 is 2.24 bits per heavy atom. The van der Waals surface area contributed by atoms with Gasteiger partial charge in [-0.2, -0.15) is 0 Å². The summed E-state index contributed by atoms with van der Waals surface area (Å²) in [7, 11) is 1.79. The van der Waals surface area contributed by atoms with E-state index in [0.29, 0.717) is 6.04 Å². The average molecular weight is 242 g/mol. The Kier molecular flexibility index (Phi) is 6.45. The topological polar surface area (TPSA) is 38.5 Å². The highest BCUT2D eigenvalue weighted by Crippen LogP contribution is 2.36. The molecule has 3 heteroatoms. The second kappa shape index (κ2) is 7.34. The van der Waals surface area contributed by atoms with Crippen molar-refractivity contribution in [2.24, 2.45) is 5.73 Å². The largest absolute Gasteiger partial charge is 0.383 e. The van der Waals surface area contributed by atoms with Crippen LogP contribution in [-0.2, 0) is 4.74 Å². The summed E-state index contributed by atoms with van der Waals surface area (Å²) in [5.41, 5.74) is 6.37. The van der Waals surface area contributed by atoms with Crippen LogP contribution in [0.3, 0.4) is 0 Å². The Bertz CT molecular complexity index is 198. The molecule has 0 unspecified atom stereocenters. The lowest BCUT2D eigenvalue weighted by molar-refractivity contribution is 0.0228. The van der Waals surface area contributed by atoms with Crippen LogP contribution in [0.4, 0.5) is 0 Å². The molecule has 0 aromatic heterocycles. The minimum Gasteiger partial charge on any atom is -0.383 e. The van der Waals surface area contributed by atoms with Crippen molar-refractivity contribution in [1.82, 2.24) is 4.90 Å². The summed E-state index contributed by atoms with van der Waals surface area (Å²) < 4.78 is 5.28. The molecule has 1 aliphatic rings. The van der Waals surface area contributed by atoms with Gasteiger partial charge in [0.25, 0.3) is 0 Å². The predicted octanol–water partition coefficient (Wildman–Crippen LogP) is 2.39. The Morgan fingerprint density at radius 1 is 1.24 bits per heavy atom. The highest BCUT2D eigenvalue weighted by molar-refractivity contribution is 4.98. The molecule has 0 saturated heterocycles. The number of nitrogens with two attached hydrogens (primary N) is 1. The standard InChI is InChI=1S/C14H30N2O/c1-4-13(5-2)16(10-11-17-3)14(12-15)8-6-7-9-14/h13H,4-12,15H2,1-3H3. The summed E-state index contributed by atoms with van der Waals surface area (Å²) in [4.78, 5) is 2.66. The molecule has 17 heavy (non-hydrogen) atoms. The van der Waals surface area contributed by atoms with Gasteiger partial charge in [-0.05, 0) is 25.7 Å². The number of hydrogen-bond donors (Lipinski definition) is 1. The first-order valence-corrected chi connectivity index (χ1v) is 7.19. The molecule has 2 N–H and O–H groups in total. The van der Waals surface area contributed by atoms with Gasteiger partial charge in [-0.1, -0.05) is 26.7 Å². The number of methoxy groups -OCH3 is 1. The Labute approximate surface area is 107 Å². The van der Waals surface area contributed by atoms with E-state index in [0.717, 1.165) is 19.7 Å². The van der Waals surface area contributed by atoms with Crippen LogP contribution in [0.1, 0.15) is 52.4 Å². The van der Waals surface area contributed by atoms with E-state index < -0.39 is 0 Å². The van der Waals surface area contributed by atoms with Gasteiger partial charge in [0.15, 0.2) is 0 Å². The monoisotopic (exact) mass is 242 g/mol. The summed E-state index contributed by atoms with van der Waals surface area (Å²) >= 11 is 0. The summed E-state index contributed by atoms with van der Waals surface area (Å²) in [5, 5.41) is 0. The molecule has 0 bridgehead atoms. The third kappa shape index (κ3) is 3.43. The fraction of sp³-hybridized carbons (Fsp3) is 1.00. The second-order valence-electron chi connectivity index (χ2n) is 5.29. The molecule has 0 spiro atoms. The number of rotatable bonds is 8. The fourth-order valence-electron chi connectivity index (χ4n) is 3.37. The summed E-state index contributed by atoms with van der Waals surface area (Å²) in [6, 6.07) is 0.659. The maximum absolute atomic E-state index is 6.11. The molecule has 0 aliphatic heterocycles. The van der Waals surface area contributed by atoms with Crippen LogP contribution in [0.15, 0.2) is 0 Å². The first-order valence-electron chi connectivity index (χ1n) is 7.19. The zero-order chi connectivity index (χ0) is 12.7. The van der Waals surface area contributed by atoms with E-state index in [1.54, 1.807) is 7.11 Å². The SMILES string of the molecule is CCC(CC)N(CCOC)C1(CN)CCCC1. The molecule has 0 radical (unpaired) electrons. The number of hydrogen-bond acceptors (Lipinski definition) is 3. The van der Waals surface area contributed by atoms with E-state index in [-0.39, 0.29) is 5.54 Å². The van der Waals surface area contributed by atoms with Gasteiger partial charge in [0, 0.05) is 31.8 Å². The molecule has 1 aliphatic carbocycles. The van der Waals surface area contributed by atoms with Crippen LogP contribution in [0.2, 0.25) is 0 Å². The Morgan fingerprint density at radius 2 is 1.82 bits per heavy atom. The van der Waals surface area contributed by atoms with Crippen molar-refractivity contribution in [2.45, 2.75) is 64.0 Å². The molecule has 0 aromatic carbocycles. The zero-order valence-electron chi connectivity index (χ0n) is 11.9. The minimum absolute atomic E-state index is 0.259. The van der Waals surface area contributed by atoms with Crippen LogP contribution in [0.5, 0.6) is 0 Å². The van der Waals surface area contributed by atoms with Crippen molar-refractivity contribution in [3.63, 3.8) is 0 Å². The summed E-state index contributed by atoms with van der Waals surface area (Å²) in [6.07, 6.45) is 7.62. The molecule has 1 saturated carbocycles. The zero-order valence-corrected chi connectivity index (χ0v) is 11.9. The predicted molar refractivity (Wildman–Crippen MR) is 73.2 cm³/mol. The summed E-state index contributed by atoms with van der Waals surface area (Å²) in [5.74, 6) is 0. The van der Waals surface area contributed by atoms with Crippen LogP contribution >= 0.6 is 0 Å². The molecule has 102 valence electrons. The van der Waals surface area contributed by atoms with Gasteiger partial charge in [0.1, 0.15) is 0 Å². The molecule has 1 fully saturated rings. The van der Waals surface area contributed by atoms with E-state index in [2.05, 4.69) is 18.7 Å². The van der Waals surface area contributed by atoms with Crippen LogP contribution in [0.25, 0.3) is 0 Å². The van der Waals surface area contributed by atoms with Gasteiger partial charge in [-0.3, -0.25) is 4.90 Å². The van der Waals surface area contributed by atoms with Crippen LogP contribution in [0, 0.1) is 0 Å². The number of ether oxygens (including phenoxy) is 1. The van der Waals surface area contributed by atoms with Crippen molar-refractivity contribution in [2.75, 3.05) is 26.8 Å². The molecular weight excluding hydrogens is 212 g/mol. The quantitative estimate of drug-likeness (QED) is 0.710. The van der Waals surface area contributed by atoms with E-state index in [1.807, 2.05) is 0 Å². The third-order valence-corrected chi connectivity index (χ3v) is 4.44. The maximum atomic E-state index is 6.11. The van der Waals surface area contributed by atoms with Gasteiger partial charge in [0.2, 0.25) is 0 Å². The highest BCUT2D eigenvalue weighted by atomic mass is 16.5. The smallest absolute Gasteiger partial charge is 0.0590 e. The van der Waals surface area contributed by atoms with Gasteiger partial charge in [0.05, 0.1) is 6.61 Å². The van der Waals surface area contributed by atoms with Crippen molar-refractivity contribution >= 4 is 0 Å². The molecule has 1 rings (SSSR count). The molecule has 0 amide bonds. The normalized spacial score (nSPS) is 19.4. The summed E-state index contributed by atoms with van der Waals surface area (Å²) in [6.45, 7) is 7.21. The maximum Gasteiger partial charge on any atom is 0.0590 e. The van der Waals surface area contributed by atoms with Gasteiger partial charge < -0.3 is 10.5 Å². The second-order valence-corrected chi connectivity index (χ2v) is 5.29. The van der Waals surface area contributed by atoms with Crippen molar-refractivity contribution in [1.29, 1.82) is 0 Å². The number of nitrogens with zero attached hydrogens (tertiary/aromatic N) is 1. The lowest BCUT2D eigenvalue weighted by Crippen LogP contribution is -2.57. The van der Waals surface area contributed by atoms with Gasteiger partial charge >= 0.3 is 0 Å². The first-order chi connectivity index (χ1) is 8.24. The fourth-order valence-corrected chi connectivity index (χ4v) is 3.37. The molecule has 0 aromatic rings. The molecule has 3 nitrogen and oxygen atoms in total. The average Bonchev–Trinajstić information content (AvgIpc) is 2.84. The van der Waals surface area contributed by atoms with Crippen LogP contribution < -0.4 is 5.73 Å². The van der Waals surface area contributed by atoms with Crippen LogP contribution in [-0.4, -0.2) is 43.3 Å². The van der Waals surface area contributed by atoms with E-state index in [4.69, 9.17) is 10.5 Å². The van der Waals surface area contributed by atoms with E-state index in [1.165, 1.54) is 38.5 Å². The lowest BCUT2D eigenvalue weighted by atomic mass is 9.91. The van der Waals surface area contributed by atoms with E-state index >= 15 is 0 Å². The van der Waals surface area contributed by atoms with Crippen molar-refractivity contribution in [3.05, 3.63) is 0 Å². The molecular formula is C14H30N2O. The minimum atomic E-state index is 0.259. The van der Waals surface area contributed by atoms with Gasteiger partial charge in [-0.25, -0.2) is 0 Å². The van der Waals surface area contributed by atoms with Crippen molar-refractivity contribution in [3.8, 4) is 0 Å². The first kappa shape index (κ1) is 14.9. The molecule has 0 atom stereocenters. The van der Waals surface area contributed by atoms with Gasteiger partial charge in [-0.15, -0.1) is 0 Å². The molecule has 0 heterocycles. The van der Waals surface area contributed by atoms with Crippen molar-refractivity contribution < 1.29 is 4.74 Å². The lowest BCUT2D eigenvalue weighted by Gasteiger charge is -2.45. The van der Waals surface area contributed by atoms with E-state index in [9.17, 15) is 0 Å². The third-order valence-electron chi connectivity index (χ3n) is 4.44. The Hall–Kier alpha value is -0.120.